The molecule has 0 aromatic rings. The first kappa shape index (κ1) is 17.9. The average molecular weight is 278 g/mol. The lowest BCUT2D eigenvalue weighted by Gasteiger charge is -2.27. The first-order valence-electron chi connectivity index (χ1n) is 6.88. The summed E-state index contributed by atoms with van der Waals surface area (Å²) >= 11 is 0. The molecule has 0 saturated carbocycles. The second-order valence-electron chi connectivity index (χ2n) is 5.89. The van der Waals surface area contributed by atoms with Crippen LogP contribution in [0.5, 0.6) is 0 Å². The van der Waals surface area contributed by atoms with Crippen molar-refractivity contribution in [1.29, 1.82) is 0 Å². The molecule has 0 aromatic carbocycles. The Hall–Kier alpha value is -0.130. The lowest BCUT2D eigenvalue weighted by atomic mass is 10.1. The highest BCUT2D eigenvalue weighted by atomic mass is 32.2. The lowest BCUT2D eigenvalue weighted by molar-refractivity contribution is 0.382. The van der Waals surface area contributed by atoms with Gasteiger partial charge in [-0.3, -0.25) is 0 Å². The van der Waals surface area contributed by atoms with E-state index in [1.54, 1.807) is 0 Å². The van der Waals surface area contributed by atoms with Crippen molar-refractivity contribution < 1.29 is 8.42 Å². The highest BCUT2D eigenvalue weighted by molar-refractivity contribution is 7.88. The van der Waals surface area contributed by atoms with Gasteiger partial charge in [0.15, 0.2) is 0 Å². The van der Waals surface area contributed by atoms with Crippen LogP contribution in [0.4, 0.5) is 0 Å². The molecule has 0 heterocycles. The molecule has 0 radical (unpaired) electrons. The minimum atomic E-state index is -3.14. The van der Waals surface area contributed by atoms with Gasteiger partial charge in [-0.25, -0.2) is 13.1 Å². The van der Waals surface area contributed by atoms with E-state index >= 15 is 0 Å². The van der Waals surface area contributed by atoms with Crippen molar-refractivity contribution in [1.82, 2.24) is 10.0 Å². The molecular formula is C13H30N2O2S. The highest BCUT2D eigenvalue weighted by Gasteiger charge is 2.22. The van der Waals surface area contributed by atoms with E-state index in [1.165, 1.54) is 31.9 Å². The van der Waals surface area contributed by atoms with Crippen LogP contribution < -0.4 is 10.0 Å². The van der Waals surface area contributed by atoms with Crippen LogP contribution in [0, 0.1) is 0 Å². The zero-order valence-corrected chi connectivity index (χ0v) is 13.4. The predicted octanol–water partition coefficient (Wildman–Crippen LogP) is 2.26. The summed E-state index contributed by atoms with van der Waals surface area (Å²) in [6.07, 6.45) is 7.42. The molecule has 0 amide bonds. The normalized spacial score (nSPS) is 14.7. The second kappa shape index (κ2) is 8.12. The van der Waals surface area contributed by atoms with Gasteiger partial charge in [-0.05, 0) is 27.2 Å². The first-order valence-corrected chi connectivity index (χ1v) is 8.78. The number of nitrogens with one attached hydrogen (secondary N) is 2. The summed E-state index contributed by atoms with van der Waals surface area (Å²) in [5, 5.41) is 3.40. The molecular weight excluding hydrogens is 248 g/mol. The molecule has 0 bridgehead atoms. The molecule has 0 aromatic heterocycles. The molecule has 2 N–H and O–H groups in total. The molecule has 0 aliphatic carbocycles. The quantitative estimate of drug-likeness (QED) is 0.603. The lowest BCUT2D eigenvalue weighted by Crippen LogP contribution is -2.51. The highest BCUT2D eigenvalue weighted by Crippen LogP contribution is 2.07. The minimum absolute atomic E-state index is 0.433. The molecule has 18 heavy (non-hydrogen) atoms. The van der Waals surface area contributed by atoms with Crippen molar-refractivity contribution in [2.24, 2.45) is 0 Å². The third-order valence-electron chi connectivity index (χ3n) is 2.84. The van der Waals surface area contributed by atoms with Crippen LogP contribution in [-0.2, 0) is 10.0 Å². The summed E-state index contributed by atoms with van der Waals surface area (Å²) in [5.41, 5.74) is -0.439. The van der Waals surface area contributed by atoms with Crippen molar-refractivity contribution in [2.45, 2.75) is 71.4 Å². The zero-order chi connectivity index (χ0) is 14.2. The third kappa shape index (κ3) is 11.0. The van der Waals surface area contributed by atoms with Gasteiger partial charge >= 0.3 is 0 Å². The zero-order valence-electron chi connectivity index (χ0n) is 12.5. The second-order valence-corrected chi connectivity index (χ2v) is 7.64. The van der Waals surface area contributed by atoms with E-state index in [9.17, 15) is 8.42 Å². The molecule has 1 atom stereocenters. The summed E-state index contributed by atoms with van der Waals surface area (Å²) in [7, 11) is -3.14. The Kier molecular flexibility index (Phi) is 8.06. The van der Waals surface area contributed by atoms with E-state index in [4.69, 9.17) is 0 Å². The maximum absolute atomic E-state index is 11.2. The summed E-state index contributed by atoms with van der Waals surface area (Å²) in [5.74, 6) is 0. The topological polar surface area (TPSA) is 58.2 Å². The fourth-order valence-electron chi connectivity index (χ4n) is 1.95. The fourth-order valence-corrected chi connectivity index (χ4v) is 3.02. The van der Waals surface area contributed by atoms with Crippen LogP contribution in [0.3, 0.4) is 0 Å². The van der Waals surface area contributed by atoms with Gasteiger partial charge in [0.2, 0.25) is 10.0 Å². The van der Waals surface area contributed by atoms with Crippen LogP contribution in [0.25, 0.3) is 0 Å². The maximum atomic E-state index is 11.2. The molecule has 0 fully saturated rings. The molecule has 4 nitrogen and oxygen atoms in total. The van der Waals surface area contributed by atoms with E-state index in [2.05, 4.69) is 23.9 Å². The van der Waals surface area contributed by atoms with Crippen molar-refractivity contribution in [3.63, 3.8) is 0 Å². The summed E-state index contributed by atoms with van der Waals surface area (Å²) in [6, 6.07) is 0.433. The summed E-state index contributed by atoms with van der Waals surface area (Å²) < 4.78 is 25.0. The number of hydrogen-bond donors (Lipinski definition) is 2. The van der Waals surface area contributed by atoms with E-state index < -0.39 is 15.6 Å². The van der Waals surface area contributed by atoms with Crippen LogP contribution in [-0.4, -0.2) is 32.8 Å². The summed E-state index contributed by atoms with van der Waals surface area (Å²) in [4.78, 5) is 0. The van der Waals surface area contributed by atoms with Gasteiger partial charge in [-0.1, -0.05) is 32.6 Å². The Balaban J connectivity index is 3.86. The van der Waals surface area contributed by atoms with Gasteiger partial charge in [0.1, 0.15) is 0 Å². The Morgan fingerprint density at radius 2 is 1.78 bits per heavy atom. The molecule has 0 rings (SSSR count). The largest absolute Gasteiger partial charge is 0.312 e. The van der Waals surface area contributed by atoms with Crippen LogP contribution in [0.15, 0.2) is 0 Å². The van der Waals surface area contributed by atoms with Crippen molar-refractivity contribution in [3.05, 3.63) is 0 Å². The Bertz CT molecular complexity index is 313. The van der Waals surface area contributed by atoms with Gasteiger partial charge in [-0.15, -0.1) is 0 Å². The number of hydrogen-bond acceptors (Lipinski definition) is 3. The molecule has 1 unspecified atom stereocenters. The summed E-state index contributed by atoms with van der Waals surface area (Å²) in [6.45, 7) is 8.80. The number of sulfonamides is 1. The van der Waals surface area contributed by atoms with E-state index in [-0.39, 0.29) is 0 Å². The maximum Gasteiger partial charge on any atom is 0.209 e. The van der Waals surface area contributed by atoms with Crippen molar-refractivity contribution >= 4 is 10.0 Å². The third-order valence-corrected chi connectivity index (χ3v) is 3.77. The van der Waals surface area contributed by atoms with Gasteiger partial charge in [0.25, 0.3) is 0 Å². The SMILES string of the molecule is CCCCCCC(C)NCC(C)(C)NS(C)(=O)=O. The van der Waals surface area contributed by atoms with Gasteiger partial charge in [0, 0.05) is 18.1 Å². The molecule has 0 aliphatic rings. The molecule has 5 heteroatoms. The molecule has 0 aliphatic heterocycles. The monoisotopic (exact) mass is 278 g/mol. The van der Waals surface area contributed by atoms with Crippen LogP contribution in [0.2, 0.25) is 0 Å². The number of rotatable bonds is 10. The van der Waals surface area contributed by atoms with E-state index in [0.717, 1.165) is 6.42 Å². The first-order chi connectivity index (χ1) is 8.16. The van der Waals surface area contributed by atoms with Gasteiger partial charge < -0.3 is 5.32 Å². The van der Waals surface area contributed by atoms with Crippen molar-refractivity contribution in [3.8, 4) is 0 Å². The average Bonchev–Trinajstić information content (AvgIpc) is 2.18. The Morgan fingerprint density at radius 3 is 2.28 bits per heavy atom. The molecule has 110 valence electrons. The van der Waals surface area contributed by atoms with Crippen LogP contribution >= 0.6 is 0 Å². The van der Waals surface area contributed by atoms with E-state index in [0.29, 0.717) is 12.6 Å². The Labute approximate surface area is 113 Å². The van der Waals surface area contributed by atoms with Crippen molar-refractivity contribution in [2.75, 3.05) is 12.8 Å². The van der Waals surface area contributed by atoms with Crippen LogP contribution in [0.1, 0.15) is 59.8 Å². The predicted molar refractivity (Wildman–Crippen MR) is 78.3 cm³/mol. The van der Waals surface area contributed by atoms with Gasteiger partial charge in [-0.2, -0.15) is 0 Å². The fraction of sp³-hybridized carbons (Fsp3) is 1.00. The Morgan fingerprint density at radius 1 is 1.17 bits per heavy atom. The minimum Gasteiger partial charge on any atom is -0.312 e. The van der Waals surface area contributed by atoms with Gasteiger partial charge in [0.05, 0.1) is 6.26 Å². The molecule has 0 saturated heterocycles. The smallest absolute Gasteiger partial charge is 0.209 e. The number of unbranched alkanes of at least 4 members (excludes halogenated alkanes) is 3. The standard InChI is InChI=1S/C13H30N2O2S/c1-6-7-8-9-10-12(2)14-11-13(3,4)15-18(5,16)17/h12,14-15H,6-11H2,1-5H3. The molecule has 0 spiro atoms. The van der Waals surface area contributed by atoms with E-state index in [1.807, 2.05) is 13.8 Å².